The molecule has 0 N–H and O–H groups in total. The van der Waals surface area contributed by atoms with Gasteiger partial charge in [-0.05, 0) is 62.3 Å². The van der Waals surface area contributed by atoms with Crippen LogP contribution in [0.25, 0.3) is 0 Å². The second-order valence-electron chi connectivity index (χ2n) is 7.71. The zero-order valence-corrected chi connectivity index (χ0v) is 16.0. The van der Waals surface area contributed by atoms with Gasteiger partial charge in [0.2, 0.25) is 0 Å². The number of aryl methyl sites for hydroxylation is 1. The maximum Gasteiger partial charge on any atom is 0.0410 e. The van der Waals surface area contributed by atoms with Crippen molar-refractivity contribution in [2.75, 3.05) is 31.6 Å². The Morgan fingerprint density at radius 2 is 2.12 bits per heavy atom. The summed E-state index contributed by atoms with van der Waals surface area (Å²) in [6.45, 7) is 7.67. The molecule has 1 fully saturated rings. The molecule has 2 unspecified atom stereocenters. The fraction of sp³-hybridized carbons (Fsp3) is 0.476. The van der Waals surface area contributed by atoms with Crippen molar-refractivity contribution in [3.63, 3.8) is 0 Å². The summed E-state index contributed by atoms with van der Waals surface area (Å²) in [5.74, 6) is 1.02. The summed E-state index contributed by atoms with van der Waals surface area (Å²) in [5, 5.41) is 0.850. The smallest absolute Gasteiger partial charge is 0.0410 e. The van der Waals surface area contributed by atoms with Crippen molar-refractivity contribution >= 4 is 17.3 Å². The van der Waals surface area contributed by atoms with Gasteiger partial charge in [-0.2, -0.15) is 0 Å². The fourth-order valence-corrected chi connectivity index (χ4v) is 4.63. The lowest BCUT2D eigenvalue weighted by Crippen LogP contribution is -2.45. The molecular weight excluding hydrogens is 330 g/mol. The minimum Gasteiger partial charge on any atom is -0.367 e. The Morgan fingerprint density at radius 3 is 2.88 bits per heavy atom. The number of anilines is 1. The second-order valence-corrected chi connectivity index (χ2v) is 8.15. The van der Waals surface area contributed by atoms with Gasteiger partial charge in [-0.3, -0.25) is 4.98 Å². The zero-order chi connectivity index (χ0) is 17.6. The molecular formula is C21H26ClN3. The molecule has 0 bridgehead atoms. The highest BCUT2D eigenvalue weighted by atomic mass is 35.5. The highest BCUT2D eigenvalue weighted by molar-refractivity contribution is 6.30. The molecule has 2 aromatic rings. The molecule has 4 rings (SSSR count). The van der Waals surface area contributed by atoms with E-state index in [1.54, 1.807) is 0 Å². The van der Waals surface area contributed by atoms with Gasteiger partial charge in [0, 0.05) is 53.6 Å². The molecule has 0 radical (unpaired) electrons. The minimum absolute atomic E-state index is 0.454. The normalized spacial score (nSPS) is 24.1. The third-order valence-electron chi connectivity index (χ3n) is 5.85. The van der Waals surface area contributed by atoms with Crippen LogP contribution in [0.4, 0.5) is 5.69 Å². The molecule has 2 aliphatic rings. The minimum atomic E-state index is 0.454. The topological polar surface area (TPSA) is 19.4 Å². The molecule has 1 aromatic carbocycles. The molecule has 3 heterocycles. The number of likely N-dealkylation sites (tertiary alicyclic amines) is 1. The number of nitrogens with zero attached hydrogens (tertiary/aromatic N) is 3. The first-order valence-corrected chi connectivity index (χ1v) is 9.58. The van der Waals surface area contributed by atoms with E-state index in [2.05, 4.69) is 53.0 Å². The quantitative estimate of drug-likeness (QED) is 0.810. The lowest BCUT2D eigenvalue weighted by atomic mass is 9.89. The van der Waals surface area contributed by atoms with Crippen LogP contribution in [0.15, 0.2) is 36.5 Å². The molecule has 25 heavy (non-hydrogen) atoms. The molecule has 132 valence electrons. The number of halogens is 1. The van der Waals surface area contributed by atoms with Gasteiger partial charge in [0.1, 0.15) is 0 Å². The van der Waals surface area contributed by atoms with Crippen molar-refractivity contribution in [1.29, 1.82) is 0 Å². The van der Waals surface area contributed by atoms with Crippen LogP contribution in [0, 0.1) is 6.92 Å². The molecule has 2 aliphatic heterocycles. The highest BCUT2D eigenvalue weighted by Crippen LogP contribution is 2.46. The summed E-state index contributed by atoms with van der Waals surface area (Å²) < 4.78 is 0. The van der Waals surface area contributed by atoms with Crippen LogP contribution in [-0.2, 0) is 0 Å². The summed E-state index contributed by atoms with van der Waals surface area (Å²) in [4.78, 5) is 9.56. The Morgan fingerprint density at radius 1 is 1.28 bits per heavy atom. The molecule has 3 nitrogen and oxygen atoms in total. The van der Waals surface area contributed by atoms with Gasteiger partial charge in [-0.25, -0.2) is 0 Å². The Kier molecular flexibility index (Phi) is 4.47. The first-order valence-electron chi connectivity index (χ1n) is 9.20. The van der Waals surface area contributed by atoms with E-state index >= 15 is 0 Å². The number of pyridine rings is 1. The van der Waals surface area contributed by atoms with Crippen molar-refractivity contribution in [3.8, 4) is 0 Å². The third-order valence-corrected chi connectivity index (χ3v) is 6.09. The van der Waals surface area contributed by atoms with Crippen molar-refractivity contribution in [3.05, 3.63) is 58.4 Å². The Hall–Kier alpha value is -1.58. The van der Waals surface area contributed by atoms with Gasteiger partial charge in [0.15, 0.2) is 0 Å². The highest BCUT2D eigenvalue weighted by Gasteiger charge is 2.41. The Balaban J connectivity index is 1.63. The van der Waals surface area contributed by atoms with Crippen LogP contribution in [0.1, 0.15) is 42.0 Å². The fourth-order valence-electron chi connectivity index (χ4n) is 4.45. The number of likely N-dealkylation sites (N-methyl/N-ethyl adjacent to an activating group) is 1. The number of benzene rings is 1. The largest absolute Gasteiger partial charge is 0.367 e. The predicted octanol–water partition coefficient (Wildman–Crippen LogP) is 4.45. The van der Waals surface area contributed by atoms with Crippen LogP contribution >= 0.6 is 11.6 Å². The number of piperidine rings is 1. The first kappa shape index (κ1) is 16.9. The SMILES string of the molecule is Cc1ccc([C@@H](C)CN2c3ccc(Cl)cc3C3CN(C)CCC32)cn1. The number of rotatable bonds is 3. The van der Waals surface area contributed by atoms with Crippen molar-refractivity contribution < 1.29 is 0 Å². The van der Waals surface area contributed by atoms with E-state index in [1.807, 2.05) is 19.2 Å². The van der Waals surface area contributed by atoms with Crippen LogP contribution < -0.4 is 4.90 Å². The van der Waals surface area contributed by atoms with E-state index in [0.29, 0.717) is 17.9 Å². The molecule has 0 saturated carbocycles. The van der Waals surface area contributed by atoms with E-state index < -0.39 is 0 Å². The van der Waals surface area contributed by atoms with Gasteiger partial charge in [-0.15, -0.1) is 0 Å². The lowest BCUT2D eigenvalue weighted by molar-refractivity contribution is 0.230. The molecule has 1 aromatic heterocycles. The van der Waals surface area contributed by atoms with E-state index in [1.165, 1.54) is 29.8 Å². The summed E-state index contributed by atoms with van der Waals surface area (Å²) in [5.41, 5.74) is 5.20. The standard InChI is InChI=1S/C21H26ClN3/c1-14(16-5-4-15(2)23-11-16)12-25-20-7-6-17(22)10-18(20)19-13-24(3)9-8-21(19)25/h4-7,10-11,14,19,21H,8-9,12-13H2,1-3H3/t14-,19?,21?/m0/s1. The van der Waals surface area contributed by atoms with Crippen LogP contribution in [0.3, 0.4) is 0 Å². The molecule has 0 aliphatic carbocycles. The molecule has 0 spiro atoms. The monoisotopic (exact) mass is 355 g/mol. The summed E-state index contributed by atoms with van der Waals surface area (Å²) in [6.07, 6.45) is 3.25. The van der Waals surface area contributed by atoms with Crippen molar-refractivity contribution in [2.24, 2.45) is 0 Å². The molecule has 4 heteroatoms. The molecule has 0 amide bonds. The number of aromatic nitrogens is 1. The van der Waals surface area contributed by atoms with Gasteiger partial charge in [0.25, 0.3) is 0 Å². The predicted molar refractivity (Wildman–Crippen MR) is 105 cm³/mol. The third kappa shape index (κ3) is 3.16. The molecule has 3 atom stereocenters. The summed E-state index contributed by atoms with van der Waals surface area (Å²) >= 11 is 6.31. The van der Waals surface area contributed by atoms with Crippen molar-refractivity contribution in [2.45, 2.75) is 38.1 Å². The van der Waals surface area contributed by atoms with Crippen LogP contribution in [-0.4, -0.2) is 42.6 Å². The van der Waals surface area contributed by atoms with Gasteiger partial charge in [-0.1, -0.05) is 24.6 Å². The van der Waals surface area contributed by atoms with E-state index in [9.17, 15) is 0 Å². The Bertz CT molecular complexity index is 758. The second kappa shape index (κ2) is 6.62. The van der Waals surface area contributed by atoms with Crippen LogP contribution in [0.2, 0.25) is 5.02 Å². The van der Waals surface area contributed by atoms with Gasteiger partial charge in [0.05, 0.1) is 0 Å². The Labute approximate surface area is 155 Å². The zero-order valence-electron chi connectivity index (χ0n) is 15.2. The number of fused-ring (bicyclic) bond motifs is 3. The van der Waals surface area contributed by atoms with Gasteiger partial charge < -0.3 is 9.80 Å². The number of hydrogen-bond donors (Lipinski definition) is 0. The maximum atomic E-state index is 6.31. The van der Waals surface area contributed by atoms with Gasteiger partial charge >= 0.3 is 0 Å². The maximum absolute atomic E-state index is 6.31. The van der Waals surface area contributed by atoms with Crippen molar-refractivity contribution in [1.82, 2.24) is 9.88 Å². The first-order chi connectivity index (χ1) is 12.0. The number of hydrogen-bond acceptors (Lipinski definition) is 3. The van der Waals surface area contributed by atoms with Crippen LogP contribution in [0.5, 0.6) is 0 Å². The average molecular weight is 356 g/mol. The molecule has 1 saturated heterocycles. The average Bonchev–Trinajstić information content (AvgIpc) is 2.88. The summed E-state index contributed by atoms with van der Waals surface area (Å²) in [7, 11) is 2.23. The van der Waals surface area contributed by atoms with E-state index in [0.717, 1.165) is 23.8 Å². The summed E-state index contributed by atoms with van der Waals surface area (Å²) in [6, 6.07) is 11.4. The van der Waals surface area contributed by atoms with E-state index in [-0.39, 0.29) is 0 Å². The lowest BCUT2D eigenvalue weighted by Gasteiger charge is -2.38. The van der Waals surface area contributed by atoms with E-state index in [4.69, 9.17) is 11.6 Å².